The number of hydrogen-bond acceptors (Lipinski definition) is 2. The highest BCUT2D eigenvalue weighted by molar-refractivity contribution is 14.1. The van der Waals surface area contributed by atoms with Crippen LogP contribution in [-0.2, 0) is 6.18 Å². The van der Waals surface area contributed by atoms with Crippen LogP contribution in [0.3, 0.4) is 0 Å². The van der Waals surface area contributed by atoms with Crippen molar-refractivity contribution >= 4 is 33.7 Å². The Hall–Kier alpha value is -0.790. The summed E-state index contributed by atoms with van der Waals surface area (Å²) in [5, 5.41) is 0. The van der Waals surface area contributed by atoms with E-state index in [1.54, 1.807) is 22.6 Å². The van der Waals surface area contributed by atoms with E-state index in [-0.39, 0.29) is 5.52 Å². The molecule has 2 aromatic rings. The highest BCUT2D eigenvalue weighted by Crippen LogP contribution is 2.31. The summed E-state index contributed by atoms with van der Waals surface area (Å²) in [7, 11) is 0. The Morgan fingerprint density at radius 1 is 1.29 bits per heavy atom. The lowest BCUT2D eigenvalue weighted by molar-refractivity contribution is -0.137. The first-order valence-electron chi connectivity index (χ1n) is 3.60. The lowest BCUT2D eigenvalue weighted by Gasteiger charge is -2.04. The summed E-state index contributed by atoms with van der Waals surface area (Å²) < 4.78 is 42.2. The Bertz CT molecular complexity index is 477. The molecule has 0 amide bonds. The van der Waals surface area contributed by atoms with Gasteiger partial charge in [-0.05, 0) is 18.2 Å². The first kappa shape index (κ1) is 9.75. The predicted molar refractivity (Wildman–Crippen MR) is 51.7 cm³/mol. The van der Waals surface area contributed by atoms with Gasteiger partial charge in [-0.3, -0.25) is 0 Å². The third kappa shape index (κ3) is 1.70. The van der Waals surface area contributed by atoms with Crippen molar-refractivity contribution in [3.63, 3.8) is 0 Å². The summed E-state index contributed by atoms with van der Waals surface area (Å²) in [6, 6.07) is 3.22. The molecule has 2 rings (SSSR count). The van der Waals surface area contributed by atoms with E-state index in [0.717, 1.165) is 12.1 Å². The van der Waals surface area contributed by atoms with Gasteiger partial charge in [0.2, 0.25) is 0 Å². The van der Waals surface area contributed by atoms with Crippen molar-refractivity contribution in [2.24, 2.45) is 0 Å². The van der Waals surface area contributed by atoms with Crippen LogP contribution in [-0.4, -0.2) is 4.98 Å². The van der Waals surface area contributed by atoms with Crippen molar-refractivity contribution in [1.82, 2.24) is 4.98 Å². The van der Waals surface area contributed by atoms with E-state index in [0.29, 0.717) is 9.48 Å². The summed E-state index contributed by atoms with van der Waals surface area (Å²) >= 11 is 1.81. The minimum absolute atomic E-state index is 0.226. The standard InChI is InChI=1S/C8H3F3INO/c9-8(10,11)4-1-2-6-5(3-4)13-7(12)14-6/h1-3H. The molecule has 0 aliphatic heterocycles. The Kier molecular flexibility index (Phi) is 2.17. The van der Waals surface area contributed by atoms with Gasteiger partial charge in [0, 0.05) is 22.6 Å². The average Bonchev–Trinajstić information content (AvgIpc) is 2.41. The smallest absolute Gasteiger partial charge is 0.416 e. The zero-order valence-corrected chi connectivity index (χ0v) is 8.76. The van der Waals surface area contributed by atoms with Gasteiger partial charge in [0.15, 0.2) is 5.58 Å². The lowest BCUT2D eigenvalue weighted by Crippen LogP contribution is -2.03. The summed E-state index contributed by atoms with van der Waals surface area (Å²) in [4.78, 5) is 3.81. The van der Waals surface area contributed by atoms with E-state index in [2.05, 4.69) is 4.98 Å². The fourth-order valence-corrected chi connectivity index (χ4v) is 1.57. The number of benzene rings is 1. The van der Waals surface area contributed by atoms with Crippen LogP contribution in [0.5, 0.6) is 0 Å². The number of oxazole rings is 1. The molecule has 1 aromatic carbocycles. The average molecular weight is 313 g/mol. The number of fused-ring (bicyclic) bond motifs is 1. The zero-order valence-electron chi connectivity index (χ0n) is 6.60. The molecular formula is C8H3F3INO. The molecule has 0 spiro atoms. The van der Waals surface area contributed by atoms with Crippen molar-refractivity contribution in [2.45, 2.75) is 6.18 Å². The molecular weight excluding hydrogens is 310 g/mol. The second-order valence-electron chi connectivity index (χ2n) is 2.65. The van der Waals surface area contributed by atoms with Crippen molar-refractivity contribution in [2.75, 3.05) is 0 Å². The minimum atomic E-state index is -4.33. The van der Waals surface area contributed by atoms with Gasteiger partial charge < -0.3 is 4.42 Å². The molecule has 0 aliphatic carbocycles. The van der Waals surface area contributed by atoms with Crippen LogP contribution in [0.2, 0.25) is 0 Å². The molecule has 6 heteroatoms. The van der Waals surface area contributed by atoms with Crippen molar-refractivity contribution in [3.8, 4) is 0 Å². The summed E-state index contributed by atoms with van der Waals surface area (Å²) in [5.74, 6) is 0. The second kappa shape index (κ2) is 3.11. The molecule has 0 saturated carbocycles. The Labute approximate surface area is 90.3 Å². The van der Waals surface area contributed by atoms with Crippen LogP contribution < -0.4 is 0 Å². The normalized spacial score (nSPS) is 12.3. The summed E-state index contributed by atoms with van der Waals surface area (Å²) in [6.45, 7) is 0. The predicted octanol–water partition coefficient (Wildman–Crippen LogP) is 3.45. The van der Waals surface area contributed by atoms with E-state index in [1.807, 2.05) is 0 Å². The van der Waals surface area contributed by atoms with Crippen molar-refractivity contribution in [3.05, 3.63) is 27.7 Å². The van der Waals surface area contributed by atoms with Crippen LogP contribution >= 0.6 is 22.6 Å². The van der Waals surface area contributed by atoms with E-state index in [9.17, 15) is 13.2 Å². The maximum Gasteiger partial charge on any atom is 0.416 e. The molecule has 1 heterocycles. The number of nitrogens with zero attached hydrogens (tertiary/aromatic N) is 1. The molecule has 14 heavy (non-hydrogen) atoms. The molecule has 0 radical (unpaired) electrons. The topological polar surface area (TPSA) is 26.0 Å². The zero-order chi connectivity index (χ0) is 10.3. The lowest BCUT2D eigenvalue weighted by atomic mass is 10.2. The third-order valence-electron chi connectivity index (χ3n) is 1.69. The first-order chi connectivity index (χ1) is 6.47. The Morgan fingerprint density at radius 2 is 2.00 bits per heavy atom. The third-order valence-corrected chi connectivity index (χ3v) is 2.15. The number of halogens is 4. The molecule has 0 fully saturated rings. The molecule has 1 aromatic heterocycles. The van der Waals surface area contributed by atoms with Gasteiger partial charge in [-0.2, -0.15) is 13.2 Å². The van der Waals surface area contributed by atoms with Crippen LogP contribution in [0.25, 0.3) is 11.1 Å². The van der Waals surface area contributed by atoms with Crippen LogP contribution in [0.1, 0.15) is 5.56 Å². The molecule has 74 valence electrons. The van der Waals surface area contributed by atoms with Gasteiger partial charge in [0.25, 0.3) is 3.90 Å². The Morgan fingerprint density at radius 3 is 2.64 bits per heavy atom. The van der Waals surface area contributed by atoms with Gasteiger partial charge in [0.1, 0.15) is 5.52 Å². The van der Waals surface area contributed by atoms with Crippen molar-refractivity contribution in [1.29, 1.82) is 0 Å². The van der Waals surface area contributed by atoms with Gasteiger partial charge >= 0.3 is 6.18 Å². The second-order valence-corrected chi connectivity index (χ2v) is 3.57. The van der Waals surface area contributed by atoms with Crippen LogP contribution in [0, 0.1) is 3.90 Å². The Balaban J connectivity index is 2.62. The monoisotopic (exact) mass is 313 g/mol. The maximum absolute atomic E-state index is 12.3. The highest BCUT2D eigenvalue weighted by atomic mass is 127. The summed E-state index contributed by atoms with van der Waals surface area (Å²) in [5.41, 5.74) is -0.124. The molecule has 0 aliphatic rings. The SMILES string of the molecule is FC(F)(F)c1ccc2oc(I)nc2c1. The van der Waals surface area contributed by atoms with Crippen molar-refractivity contribution < 1.29 is 17.6 Å². The quantitative estimate of drug-likeness (QED) is 0.696. The molecule has 0 unspecified atom stereocenters. The van der Waals surface area contributed by atoms with E-state index in [4.69, 9.17) is 4.42 Å². The maximum atomic E-state index is 12.3. The molecule has 0 bridgehead atoms. The van der Waals surface area contributed by atoms with E-state index in [1.165, 1.54) is 6.07 Å². The number of rotatable bonds is 0. The molecule has 2 nitrogen and oxygen atoms in total. The van der Waals surface area contributed by atoms with Crippen LogP contribution in [0.15, 0.2) is 22.6 Å². The largest absolute Gasteiger partial charge is 0.432 e. The van der Waals surface area contributed by atoms with E-state index >= 15 is 0 Å². The molecule has 0 atom stereocenters. The van der Waals surface area contributed by atoms with Gasteiger partial charge in [-0.15, -0.1) is 0 Å². The fraction of sp³-hybridized carbons (Fsp3) is 0.125. The minimum Gasteiger partial charge on any atom is -0.432 e. The number of alkyl halides is 3. The summed E-state index contributed by atoms with van der Waals surface area (Å²) in [6.07, 6.45) is -4.33. The van der Waals surface area contributed by atoms with Gasteiger partial charge in [-0.1, -0.05) is 0 Å². The fourth-order valence-electron chi connectivity index (χ4n) is 1.08. The highest BCUT2D eigenvalue weighted by Gasteiger charge is 2.30. The van der Waals surface area contributed by atoms with Gasteiger partial charge in [0.05, 0.1) is 5.56 Å². The number of aromatic nitrogens is 1. The molecule has 0 N–H and O–H groups in total. The van der Waals surface area contributed by atoms with Gasteiger partial charge in [-0.25, -0.2) is 4.98 Å². The number of hydrogen-bond donors (Lipinski definition) is 0. The van der Waals surface area contributed by atoms with Crippen LogP contribution in [0.4, 0.5) is 13.2 Å². The van der Waals surface area contributed by atoms with E-state index < -0.39 is 11.7 Å². The first-order valence-corrected chi connectivity index (χ1v) is 4.68. The molecule has 0 saturated heterocycles.